The Bertz CT molecular complexity index is 119. The summed E-state index contributed by atoms with van der Waals surface area (Å²) in [6.45, 7) is 5.91. The molecule has 0 rings (SSSR count). The van der Waals surface area contributed by atoms with Gasteiger partial charge in [-0.25, -0.2) is 0 Å². The van der Waals surface area contributed by atoms with E-state index in [1.165, 1.54) is 0 Å². The normalized spacial score (nSPS) is 13.5. The molecule has 0 bridgehead atoms. The van der Waals surface area contributed by atoms with Crippen molar-refractivity contribution in [2.24, 2.45) is 11.8 Å². The van der Waals surface area contributed by atoms with Crippen molar-refractivity contribution < 1.29 is 9.90 Å². The van der Waals surface area contributed by atoms with Gasteiger partial charge in [-0.3, -0.25) is 4.79 Å². The number of aliphatic hydroxyl groups is 1. The summed E-state index contributed by atoms with van der Waals surface area (Å²) in [6, 6.07) is 0. The largest absolute Gasteiger partial charge is 0.396 e. The Kier molecular flexibility index (Phi) is 5.12. The van der Waals surface area contributed by atoms with Gasteiger partial charge in [0.2, 0.25) is 0 Å². The highest BCUT2D eigenvalue weighted by molar-refractivity contribution is 5.78. The Morgan fingerprint density at radius 3 is 2.27 bits per heavy atom. The standard InChI is InChI=1S/C9H18O2/c1-7(2)9(8(3)11)5-4-6-10/h7,9-10H,4-6H2,1-3H3. The van der Waals surface area contributed by atoms with Crippen LogP contribution in [0.2, 0.25) is 0 Å². The second kappa shape index (κ2) is 5.30. The zero-order chi connectivity index (χ0) is 8.85. The van der Waals surface area contributed by atoms with Gasteiger partial charge in [-0.15, -0.1) is 0 Å². The number of aliphatic hydroxyl groups excluding tert-OH is 1. The highest BCUT2D eigenvalue weighted by Gasteiger charge is 2.16. The molecule has 0 saturated heterocycles. The third-order valence-corrected chi connectivity index (χ3v) is 2.00. The van der Waals surface area contributed by atoms with E-state index in [0.29, 0.717) is 5.92 Å². The SMILES string of the molecule is CC(=O)C(CCCO)C(C)C. The smallest absolute Gasteiger partial charge is 0.133 e. The predicted octanol–water partition coefficient (Wildman–Crippen LogP) is 1.62. The number of hydrogen-bond acceptors (Lipinski definition) is 2. The topological polar surface area (TPSA) is 37.3 Å². The zero-order valence-corrected chi connectivity index (χ0v) is 7.63. The fourth-order valence-electron chi connectivity index (χ4n) is 1.32. The molecule has 1 N–H and O–H groups in total. The van der Waals surface area contributed by atoms with Crippen molar-refractivity contribution >= 4 is 5.78 Å². The quantitative estimate of drug-likeness (QED) is 0.660. The van der Waals surface area contributed by atoms with Crippen LogP contribution in [-0.2, 0) is 4.79 Å². The van der Waals surface area contributed by atoms with Crippen LogP contribution in [0.3, 0.4) is 0 Å². The monoisotopic (exact) mass is 158 g/mol. The van der Waals surface area contributed by atoms with Crippen LogP contribution in [0.15, 0.2) is 0 Å². The number of rotatable bonds is 5. The Hall–Kier alpha value is -0.370. The third kappa shape index (κ3) is 4.14. The van der Waals surface area contributed by atoms with Gasteiger partial charge in [-0.1, -0.05) is 13.8 Å². The van der Waals surface area contributed by atoms with E-state index >= 15 is 0 Å². The Balaban J connectivity index is 3.80. The van der Waals surface area contributed by atoms with Gasteiger partial charge < -0.3 is 5.11 Å². The van der Waals surface area contributed by atoms with E-state index in [-0.39, 0.29) is 18.3 Å². The summed E-state index contributed by atoms with van der Waals surface area (Å²) in [5.41, 5.74) is 0. The number of carbonyl (C=O) groups excluding carboxylic acids is 1. The van der Waals surface area contributed by atoms with Gasteiger partial charge in [0.1, 0.15) is 5.78 Å². The van der Waals surface area contributed by atoms with Crippen LogP contribution in [0.25, 0.3) is 0 Å². The minimum Gasteiger partial charge on any atom is -0.396 e. The molecule has 0 aliphatic heterocycles. The van der Waals surface area contributed by atoms with Crippen LogP contribution in [-0.4, -0.2) is 17.5 Å². The molecule has 0 radical (unpaired) electrons. The molecule has 0 aliphatic rings. The molecule has 11 heavy (non-hydrogen) atoms. The van der Waals surface area contributed by atoms with Crippen LogP contribution in [0, 0.1) is 11.8 Å². The highest BCUT2D eigenvalue weighted by atomic mass is 16.2. The van der Waals surface area contributed by atoms with Gasteiger partial charge in [-0.2, -0.15) is 0 Å². The summed E-state index contributed by atoms with van der Waals surface area (Å²) >= 11 is 0. The first-order chi connectivity index (χ1) is 5.09. The second-order valence-electron chi connectivity index (χ2n) is 3.33. The first kappa shape index (κ1) is 10.6. The zero-order valence-electron chi connectivity index (χ0n) is 7.63. The molecule has 2 heteroatoms. The average Bonchev–Trinajstić information content (AvgIpc) is 1.87. The molecule has 0 aromatic rings. The molecular formula is C9H18O2. The Morgan fingerprint density at radius 1 is 1.45 bits per heavy atom. The maximum Gasteiger partial charge on any atom is 0.133 e. The van der Waals surface area contributed by atoms with E-state index in [2.05, 4.69) is 0 Å². The van der Waals surface area contributed by atoms with E-state index < -0.39 is 0 Å². The molecule has 0 amide bonds. The number of hydrogen-bond donors (Lipinski definition) is 1. The van der Waals surface area contributed by atoms with Crippen LogP contribution in [0.5, 0.6) is 0 Å². The third-order valence-electron chi connectivity index (χ3n) is 2.00. The minimum atomic E-state index is 0.141. The lowest BCUT2D eigenvalue weighted by atomic mass is 9.88. The second-order valence-corrected chi connectivity index (χ2v) is 3.33. The van der Waals surface area contributed by atoms with Gasteiger partial charge in [0, 0.05) is 12.5 Å². The van der Waals surface area contributed by atoms with E-state index in [9.17, 15) is 4.79 Å². The van der Waals surface area contributed by atoms with Crippen LogP contribution < -0.4 is 0 Å². The van der Waals surface area contributed by atoms with Gasteiger partial charge in [0.15, 0.2) is 0 Å². The van der Waals surface area contributed by atoms with Crippen molar-refractivity contribution in [2.45, 2.75) is 33.6 Å². The summed E-state index contributed by atoms with van der Waals surface area (Å²) < 4.78 is 0. The van der Waals surface area contributed by atoms with Gasteiger partial charge in [0.25, 0.3) is 0 Å². The maximum atomic E-state index is 11.0. The first-order valence-electron chi connectivity index (χ1n) is 4.21. The van der Waals surface area contributed by atoms with Crippen molar-refractivity contribution in [3.05, 3.63) is 0 Å². The lowest BCUT2D eigenvalue weighted by Gasteiger charge is -2.16. The number of Topliss-reactive ketones (excluding diaryl/α,β-unsaturated/α-hetero) is 1. The average molecular weight is 158 g/mol. The molecule has 66 valence electrons. The number of carbonyl (C=O) groups is 1. The van der Waals surface area contributed by atoms with Crippen molar-refractivity contribution in [1.82, 2.24) is 0 Å². The molecule has 1 atom stereocenters. The van der Waals surface area contributed by atoms with Crippen LogP contribution >= 0.6 is 0 Å². The van der Waals surface area contributed by atoms with Crippen molar-refractivity contribution in [3.63, 3.8) is 0 Å². The van der Waals surface area contributed by atoms with E-state index in [1.54, 1.807) is 6.92 Å². The summed E-state index contributed by atoms with van der Waals surface area (Å²) in [4.78, 5) is 11.0. The van der Waals surface area contributed by atoms with E-state index in [1.807, 2.05) is 13.8 Å². The van der Waals surface area contributed by atoms with E-state index in [4.69, 9.17) is 5.11 Å². The van der Waals surface area contributed by atoms with Gasteiger partial charge in [-0.05, 0) is 25.7 Å². The van der Waals surface area contributed by atoms with Gasteiger partial charge >= 0.3 is 0 Å². The molecule has 2 nitrogen and oxygen atoms in total. The molecule has 0 aliphatic carbocycles. The summed E-state index contributed by atoms with van der Waals surface area (Å²) in [7, 11) is 0. The molecule has 1 unspecified atom stereocenters. The molecule has 0 spiro atoms. The highest BCUT2D eigenvalue weighted by Crippen LogP contribution is 2.17. The minimum absolute atomic E-state index is 0.141. The molecule has 0 fully saturated rings. The maximum absolute atomic E-state index is 11.0. The Morgan fingerprint density at radius 2 is 2.00 bits per heavy atom. The molecule has 0 aromatic carbocycles. The lowest BCUT2D eigenvalue weighted by Crippen LogP contribution is -2.17. The van der Waals surface area contributed by atoms with Crippen LogP contribution in [0.1, 0.15) is 33.6 Å². The van der Waals surface area contributed by atoms with Crippen molar-refractivity contribution in [1.29, 1.82) is 0 Å². The van der Waals surface area contributed by atoms with Crippen molar-refractivity contribution in [2.75, 3.05) is 6.61 Å². The summed E-state index contributed by atoms with van der Waals surface area (Å²) in [6.07, 6.45) is 1.56. The van der Waals surface area contributed by atoms with Crippen molar-refractivity contribution in [3.8, 4) is 0 Å². The summed E-state index contributed by atoms with van der Waals surface area (Å²) in [5, 5.41) is 8.57. The van der Waals surface area contributed by atoms with E-state index in [0.717, 1.165) is 12.8 Å². The van der Waals surface area contributed by atoms with Gasteiger partial charge in [0.05, 0.1) is 0 Å². The lowest BCUT2D eigenvalue weighted by molar-refractivity contribution is -0.122. The number of ketones is 1. The molecule has 0 heterocycles. The molecule has 0 aromatic heterocycles. The van der Waals surface area contributed by atoms with Crippen LogP contribution in [0.4, 0.5) is 0 Å². The molecule has 0 saturated carbocycles. The first-order valence-corrected chi connectivity index (χ1v) is 4.21. The predicted molar refractivity (Wildman–Crippen MR) is 45.3 cm³/mol. The summed E-state index contributed by atoms with van der Waals surface area (Å²) in [5.74, 6) is 0.787. The molecular weight excluding hydrogens is 140 g/mol. The fraction of sp³-hybridized carbons (Fsp3) is 0.889. The fourth-order valence-corrected chi connectivity index (χ4v) is 1.32. The Labute approximate surface area is 68.6 Å².